The summed E-state index contributed by atoms with van der Waals surface area (Å²) < 4.78 is 13.2. The van der Waals surface area contributed by atoms with Crippen LogP contribution in [0, 0.1) is 0 Å². The number of hydrogen-bond acceptors (Lipinski definition) is 11. The number of ether oxygens (including phenoxy) is 2. The fourth-order valence-corrected chi connectivity index (χ4v) is 8.14. The Morgan fingerprint density at radius 2 is 1.60 bits per heavy atom. The van der Waals surface area contributed by atoms with Crippen molar-refractivity contribution in [2.45, 2.75) is 76.4 Å². The van der Waals surface area contributed by atoms with E-state index in [1.54, 1.807) is 56.4 Å². The highest BCUT2D eigenvalue weighted by atomic mass is 16.5. The van der Waals surface area contributed by atoms with E-state index in [0.29, 0.717) is 42.2 Å². The lowest BCUT2D eigenvalue weighted by Crippen LogP contribution is -2.55. The van der Waals surface area contributed by atoms with Crippen LogP contribution in [0.4, 0.5) is 5.69 Å². The van der Waals surface area contributed by atoms with E-state index in [9.17, 15) is 28.8 Å². The van der Waals surface area contributed by atoms with Crippen LogP contribution < -0.4 is 31.0 Å². The predicted octanol–water partition coefficient (Wildman–Crippen LogP) is 4.16. The van der Waals surface area contributed by atoms with Crippen molar-refractivity contribution in [3.05, 3.63) is 82.0 Å². The molecule has 2 aromatic heterocycles. The molecule has 3 aliphatic heterocycles. The quantitative estimate of drug-likeness (QED) is 0.103. The van der Waals surface area contributed by atoms with Crippen LogP contribution in [0.2, 0.25) is 0 Å². The number of aromatic nitrogens is 2. The van der Waals surface area contributed by atoms with Gasteiger partial charge >= 0.3 is 0 Å². The lowest BCUT2D eigenvalue weighted by Gasteiger charge is -2.40. The molecular formula is C43H49N7O8. The van der Waals surface area contributed by atoms with E-state index in [2.05, 4.69) is 25.8 Å². The Kier molecular flexibility index (Phi) is 12.2. The Morgan fingerprint density at radius 1 is 0.879 bits per heavy atom. The number of amides is 5. The van der Waals surface area contributed by atoms with Gasteiger partial charge in [0, 0.05) is 69.5 Å². The lowest BCUT2D eigenvalue weighted by atomic mass is 9.96. The van der Waals surface area contributed by atoms with Crippen molar-refractivity contribution in [1.82, 2.24) is 30.0 Å². The number of hydrogen-bond donors (Lipinski definition) is 3. The number of carbonyl (C=O) groups excluding carboxylic acids is 5. The molecule has 2 atom stereocenters. The lowest BCUT2D eigenvalue weighted by molar-refractivity contribution is -0.136. The van der Waals surface area contributed by atoms with E-state index in [0.717, 1.165) is 78.5 Å². The fourth-order valence-electron chi connectivity index (χ4n) is 8.14. The average Bonchev–Trinajstić information content (AvgIpc) is 3.47. The zero-order valence-corrected chi connectivity index (χ0v) is 33.1. The molecule has 0 aliphatic carbocycles. The maximum atomic E-state index is 13.3. The normalized spacial score (nSPS) is 17.9. The second-order valence-corrected chi connectivity index (χ2v) is 15.0. The number of pyridine rings is 2. The third-order valence-corrected chi connectivity index (χ3v) is 11.4. The summed E-state index contributed by atoms with van der Waals surface area (Å²) in [6.07, 6.45) is 11.8. The highest BCUT2D eigenvalue weighted by Gasteiger charge is 2.45. The molecule has 7 rings (SSSR count). The van der Waals surface area contributed by atoms with Crippen molar-refractivity contribution < 1.29 is 33.4 Å². The van der Waals surface area contributed by atoms with Crippen LogP contribution in [0.15, 0.2) is 59.8 Å². The van der Waals surface area contributed by atoms with Gasteiger partial charge in [-0.2, -0.15) is 0 Å². The van der Waals surface area contributed by atoms with Crippen molar-refractivity contribution in [1.29, 1.82) is 0 Å². The number of imide groups is 2. The van der Waals surface area contributed by atoms with Gasteiger partial charge in [-0.3, -0.25) is 48.9 Å². The second kappa shape index (κ2) is 17.6. The largest absolute Gasteiger partial charge is 0.496 e. The summed E-state index contributed by atoms with van der Waals surface area (Å²) in [5, 5.41) is 9.96. The summed E-state index contributed by atoms with van der Waals surface area (Å²) in [4.78, 5) is 83.6. The molecular weight excluding hydrogens is 743 g/mol. The topological polar surface area (TPSA) is 181 Å². The molecule has 304 valence electrons. The number of likely N-dealkylation sites (tertiary alicyclic amines) is 1. The van der Waals surface area contributed by atoms with Gasteiger partial charge in [0.05, 0.1) is 42.3 Å². The van der Waals surface area contributed by atoms with Crippen LogP contribution >= 0.6 is 0 Å². The van der Waals surface area contributed by atoms with Gasteiger partial charge in [-0.15, -0.1) is 0 Å². The Bertz CT molecular complexity index is 2300. The predicted molar refractivity (Wildman–Crippen MR) is 217 cm³/mol. The zero-order chi connectivity index (χ0) is 40.9. The summed E-state index contributed by atoms with van der Waals surface area (Å²) in [5.74, 6) is -0.773. The van der Waals surface area contributed by atoms with Gasteiger partial charge in [-0.05, 0) is 67.0 Å². The molecule has 2 aromatic carbocycles. The van der Waals surface area contributed by atoms with E-state index in [1.807, 2.05) is 24.4 Å². The Hall–Kier alpha value is -6.09. The first-order valence-corrected chi connectivity index (χ1v) is 19.9. The van der Waals surface area contributed by atoms with Crippen molar-refractivity contribution in [3.63, 3.8) is 0 Å². The molecule has 4 aromatic rings. The summed E-state index contributed by atoms with van der Waals surface area (Å²) >= 11 is 0. The number of nitrogens with zero attached hydrogens (tertiary/aromatic N) is 4. The zero-order valence-electron chi connectivity index (χ0n) is 33.1. The number of anilines is 1. The van der Waals surface area contributed by atoms with Crippen LogP contribution in [0.5, 0.6) is 11.5 Å². The van der Waals surface area contributed by atoms with Crippen LogP contribution in [0.3, 0.4) is 0 Å². The molecule has 0 saturated carbocycles. The molecule has 15 heteroatoms. The molecule has 58 heavy (non-hydrogen) atoms. The molecule has 0 unspecified atom stereocenters. The number of carbonyl (C=O) groups is 5. The minimum atomic E-state index is -0.995. The van der Waals surface area contributed by atoms with E-state index < -0.39 is 29.7 Å². The number of fused-ring (bicyclic) bond motifs is 2. The minimum Gasteiger partial charge on any atom is -0.496 e. The van der Waals surface area contributed by atoms with Gasteiger partial charge in [-0.1, -0.05) is 31.7 Å². The summed E-state index contributed by atoms with van der Waals surface area (Å²) in [5.41, 5.74) is 3.51. The number of unbranched alkanes of at least 4 members (excludes halogenated alkanes) is 5. The first-order chi connectivity index (χ1) is 28.1. The minimum absolute atomic E-state index is 0.0185. The number of piperidine rings is 1. The molecule has 0 spiro atoms. The molecule has 15 nitrogen and oxygen atoms in total. The van der Waals surface area contributed by atoms with Crippen molar-refractivity contribution in [3.8, 4) is 22.6 Å². The first-order valence-electron chi connectivity index (χ1n) is 19.9. The van der Waals surface area contributed by atoms with Gasteiger partial charge in [0.15, 0.2) is 0 Å². The number of aryl methyl sites for hydroxylation is 1. The number of benzene rings is 2. The molecule has 2 saturated heterocycles. The van der Waals surface area contributed by atoms with Crippen molar-refractivity contribution in [2.75, 3.05) is 39.2 Å². The molecule has 5 heterocycles. The molecule has 3 aliphatic rings. The van der Waals surface area contributed by atoms with Gasteiger partial charge in [0.25, 0.3) is 17.4 Å². The fraction of sp³-hybridized carbons (Fsp3) is 0.419. The number of rotatable bonds is 17. The van der Waals surface area contributed by atoms with Gasteiger partial charge in [0.1, 0.15) is 17.5 Å². The van der Waals surface area contributed by atoms with Crippen LogP contribution in [-0.2, 0) is 28.0 Å². The summed E-state index contributed by atoms with van der Waals surface area (Å²) in [7, 11) is 4.95. The molecule has 0 bridgehead atoms. The third-order valence-electron chi connectivity index (χ3n) is 11.4. The smallest absolute Gasteiger partial charge is 0.264 e. The maximum Gasteiger partial charge on any atom is 0.264 e. The van der Waals surface area contributed by atoms with Crippen molar-refractivity contribution in [2.24, 2.45) is 7.05 Å². The number of nitrogens with one attached hydrogen (secondary N) is 3. The van der Waals surface area contributed by atoms with E-state index >= 15 is 0 Å². The molecule has 5 amide bonds. The van der Waals surface area contributed by atoms with Gasteiger partial charge in [-0.25, -0.2) is 0 Å². The SMILES string of the molecule is COc1cc(-c2cn(C)c(=O)c3cnccc23)cc(OC)c1CN1CC[C@H]1C(=O)NCCCCCCCCNc1cccc2c1C(=O)N([C@@H]1CCC(=O)NC1=O)C2=O. The van der Waals surface area contributed by atoms with Crippen molar-refractivity contribution >= 4 is 46.0 Å². The van der Waals surface area contributed by atoms with E-state index in [4.69, 9.17) is 9.47 Å². The molecule has 0 radical (unpaired) electrons. The van der Waals surface area contributed by atoms with Crippen LogP contribution in [-0.4, -0.2) is 94.8 Å². The Morgan fingerprint density at radius 3 is 2.29 bits per heavy atom. The third kappa shape index (κ3) is 8.03. The second-order valence-electron chi connectivity index (χ2n) is 15.0. The summed E-state index contributed by atoms with van der Waals surface area (Å²) in [6, 6.07) is 9.56. The average molecular weight is 792 g/mol. The monoisotopic (exact) mass is 791 g/mol. The van der Waals surface area contributed by atoms with Crippen LogP contribution in [0.25, 0.3) is 21.9 Å². The highest BCUT2D eigenvalue weighted by molar-refractivity contribution is 6.25. The standard InChI is InChI=1S/C43H49N7O8/c1-48-24-30(27-15-19-44-23-29(27)41(48)54)26-21-35(57-2)31(36(22-26)58-3)25-49-20-16-33(49)39(52)46-18-9-7-5-4-6-8-17-45-32-12-10-11-28-38(32)43(56)50(42(28)55)34-13-14-37(51)47-40(34)53/h10-12,15,19,21-24,33-34,45H,4-9,13-14,16-18,20,25H2,1-3H3,(H,46,52)(H,47,51,53)/t33-,34+/m0/s1. The van der Waals surface area contributed by atoms with E-state index in [1.165, 1.54) is 0 Å². The Labute approximate surface area is 336 Å². The molecule has 2 fully saturated rings. The first kappa shape index (κ1) is 40.1. The Balaban J connectivity index is 0.832. The van der Waals surface area contributed by atoms with E-state index in [-0.39, 0.29) is 41.5 Å². The number of methoxy groups -OCH3 is 2. The van der Waals surface area contributed by atoms with Gasteiger partial charge < -0.3 is 24.7 Å². The molecule has 3 N–H and O–H groups in total. The summed E-state index contributed by atoms with van der Waals surface area (Å²) in [6.45, 7) is 2.49. The maximum absolute atomic E-state index is 13.3. The highest BCUT2D eigenvalue weighted by Crippen LogP contribution is 2.39. The van der Waals surface area contributed by atoms with Gasteiger partial charge in [0.2, 0.25) is 17.7 Å². The van der Waals surface area contributed by atoms with Crippen LogP contribution in [0.1, 0.15) is 84.1 Å².